The summed E-state index contributed by atoms with van der Waals surface area (Å²) < 4.78 is 1.09. The Morgan fingerprint density at radius 3 is 2.69 bits per heavy atom. The minimum absolute atomic E-state index is 0.825. The molecule has 86 valence electrons. The molecule has 16 heavy (non-hydrogen) atoms. The van der Waals surface area contributed by atoms with Crippen LogP contribution in [0.25, 0.3) is 0 Å². The highest BCUT2D eigenvalue weighted by Crippen LogP contribution is 2.30. The van der Waals surface area contributed by atoms with Gasteiger partial charge in [-0.05, 0) is 46.3 Å². The van der Waals surface area contributed by atoms with Crippen molar-refractivity contribution in [1.82, 2.24) is 10.3 Å². The molecule has 3 heterocycles. The Morgan fingerprint density at radius 2 is 2.06 bits per heavy atom. The Hall–Kier alpha value is -0.610. The predicted molar refractivity (Wildman–Crippen MR) is 68.7 cm³/mol. The van der Waals surface area contributed by atoms with E-state index in [4.69, 9.17) is 0 Å². The van der Waals surface area contributed by atoms with Crippen molar-refractivity contribution in [1.29, 1.82) is 0 Å². The summed E-state index contributed by atoms with van der Waals surface area (Å²) >= 11 is 3.50. The third kappa shape index (κ3) is 1.74. The highest BCUT2D eigenvalue weighted by molar-refractivity contribution is 9.10. The lowest BCUT2D eigenvalue weighted by Crippen LogP contribution is -2.26. The molecule has 0 amide bonds. The van der Waals surface area contributed by atoms with Gasteiger partial charge in [0, 0.05) is 36.8 Å². The van der Waals surface area contributed by atoms with Crippen LogP contribution in [0.2, 0.25) is 0 Å². The van der Waals surface area contributed by atoms with Gasteiger partial charge in [0.05, 0.1) is 0 Å². The van der Waals surface area contributed by atoms with Crippen molar-refractivity contribution < 1.29 is 0 Å². The molecule has 3 rings (SSSR count). The number of rotatable bonds is 1. The standard InChI is InChI=1S/C12H16BrN3/c1-8-2-12(15-5-11(8)13)16-6-9-3-14-4-10(9)7-16/h2,5,9-10,14H,3-4,6-7H2,1H3. The molecule has 2 saturated heterocycles. The molecule has 0 saturated carbocycles. The van der Waals surface area contributed by atoms with Crippen molar-refractivity contribution in [3.8, 4) is 0 Å². The van der Waals surface area contributed by atoms with Crippen LogP contribution >= 0.6 is 15.9 Å². The number of anilines is 1. The zero-order chi connectivity index (χ0) is 11.1. The van der Waals surface area contributed by atoms with Gasteiger partial charge in [-0.3, -0.25) is 0 Å². The lowest BCUT2D eigenvalue weighted by atomic mass is 10.0. The smallest absolute Gasteiger partial charge is 0.128 e. The summed E-state index contributed by atoms with van der Waals surface area (Å²) in [7, 11) is 0. The highest BCUT2D eigenvalue weighted by atomic mass is 79.9. The molecular formula is C12H16BrN3. The molecule has 0 aliphatic carbocycles. The maximum Gasteiger partial charge on any atom is 0.128 e. The summed E-state index contributed by atoms with van der Waals surface area (Å²) in [4.78, 5) is 6.93. The molecule has 2 fully saturated rings. The zero-order valence-corrected chi connectivity index (χ0v) is 11.0. The summed E-state index contributed by atoms with van der Waals surface area (Å²) in [6.07, 6.45) is 1.91. The van der Waals surface area contributed by atoms with E-state index in [0.717, 1.165) is 35.2 Å². The van der Waals surface area contributed by atoms with E-state index >= 15 is 0 Å². The third-order valence-electron chi connectivity index (χ3n) is 3.75. The van der Waals surface area contributed by atoms with Crippen LogP contribution in [0.4, 0.5) is 5.82 Å². The van der Waals surface area contributed by atoms with Crippen molar-refractivity contribution in [3.05, 3.63) is 22.3 Å². The molecule has 1 aromatic heterocycles. The van der Waals surface area contributed by atoms with Gasteiger partial charge in [-0.15, -0.1) is 0 Å². The molecule has 0 radical (unpaired) electrons. The monoisotopic (exact) mass is 281 g/mol. The molecule has 2 aliphatic heterocycles. The van der Waals surface area contributed by atoms with E-state index in [1.54, 1.807) is 0 Å². The first-order chi connectivity index (χ1) is 7.74. The maximum absolute atomic E-state index is 4.51. The lowest BCUT2D eigenvalue weighted by Gasteiger charge is -2.19. The first-order valence-corrected chi connectivity index (χ1v) is 6.61. The normalized spacial score (nSPS) is 28.5. The Labute approximate surface area is 104 Å². The Kier molecular flexibility index (Phi) is 2.64. The van der Waals surface area contributed by atoms with Crippen LogP contribution in [0, 0.1) is 18.8 Å². The molecule has 0 spiro atoms. The highest BCUT2D eigenvalue weighted by Gasteiger charge is 2.36. The number of nitrogens with one attached hydrogen (secondary N) is 1. The fraction of sp³-hybridized carbons (Fsp3) is 0.583. The molecule has 0 bridgehead atoms. The second kappa shape index (κ2) is 4.00. The number of halogens is 1. The van der Waals surface area contributed by atoms with Crippen LogP contribution in [-0.2, 0) is 0 Å². The topological polar surface area (TPSA) is 28.2 Å². The van der Waals surface area contributed by atoms with E-state index in [1.807, 2.05) is 6.20 Å². The number of pyridine rings is 1. The van der Waals surface area contributed by atoms with Gasteiger partial charge in [0.15, 0.2) is 0 Å². The second-order valence-electron chi connectivity index (χ2n) is 4.88. The minimum atomic E-state index is 0.825. The van der Waals surface area contributed by atoms with Gasteiger partial charge in [0.1, 0.15) is 5.82 Å². The fourth-order valence-electron chi connectivity index (χ4n) is 2.74. The zero-order valence-electron chi connectivity index (χ0n) is 9.41. The van der Waals surface area contributed by atoms with Gasteiger partial charge in [0.25, 0.3) is 0 Å². The van der Waals surface area contributed by atoms with Crippen LogP contribution < -0.4 is 10.2 Å². The van der Waals surface area contributed by atoms with Gasteiger partial charge >= 0.3 is 0 Å². The molecule has 4 heteroatoms. The Bertz CT molecular complexity index is 395. The van der Waals surface area contributed by atoms with Crippen molar-refractivity contribution in [3.63, 3.8) is 0 Å². The summed E-state index contributed by atoms with van der Waals surface area (Å²) in [5, 5.41) is 3.46. The molecule has 2 atom stereocenters. The first kappa shape index (κ1) is 10.5. The van der Waals surface area contributed by atoms with Gasteiger partial charge in [-0.25, -0.2) is 4.98 Å². The molecule has 2 unspecified atom stereocenters. The van der Waals surface area contributed by atoms with E-state index in [1.165, 1.54) is 18.7 Å². The number of aromatic nitrogens is 1. The van der Waals surface area contributed by atoms with E-state index in [9.17, 15) is 0 Å². The van der Waals surface area contributed by atoms with Crippen molar-refractivity contribution >= 4 is 21.7 Å². The van der Waals surface area contributed by atoms with Crippen LogP contribution in [0.5, 0.6) is 0 Å². The summed E-state index contributed by atoms with van der Waals surface area (Å²) in [6.45, 7) is 6.79. The Morgan fingerprint density at radius 1 is 1.38 bits per heavy atom. The molecule has 1 aromatic rings. The van der Waals surface area contributed by atoms with Crippen molar-refractivity contribution in [2.24, 2.45) is 11.8 Å². The van der Waals surface area contributed by atoms with Gasteiger partial charge in [0.2, 0.25) is 0 Å². The van der Waals surface area contributed by atoms with Crippen LogP contribution in [0.15, 0.2) is 16.7 Å². The van der Waals surface area contributed by atoms with Gasteiger partial charge in [-0.1, -0.05) is 0 Å². The van der Waals surface area contributed by atoms with Crippen molar-refractivity contribution in [2.75, 3.05) is 31.1 Å². The first-order valence-electron chi connectivity index (χ1n) is 5.82. The van der Waals surface area contributed by atoms with Gasteiger partial charge < -0.3 is 10.2 Å². The average Bonchev–Trinajstić information content (AvgIpc) is 2.81. The van der Waals surface area contributed by atoms with E-state index < -0.39 is 0 Å². The second-order valence-corrected chi connectivity index (χ2v) is 5.73. The van der Waals surface area contributed by atoms with E-state index in [-0.39, 0.29) is 0 Å². The average molecular weight is 282 g/mol. The van der Waals surface area contributed by atoms with Crippen LogP contribution in [0.3, 0.4) is 0 Å². The summed E-state index contributed by atoms with van der Waals surface area (Å²) in [6, 6.07) is 2.18. The minimum Gasteiger partial charge on any atom is -0.356 e. The summed E-state index contributed by atoms with van der Waals surface area (Å²) in [5.74, 6) is 2.78. The number of aryl methyl sites for hydroxylation is 1. The lowest BCUT2D eigenvalue weighted by molar-refractivity contribution is 0.533. The van der Waals surface area contributed by atoms with Gasteiger partial charge in [-0.2, -0.15) is 0 Å². The maximum atomic E-state index is 4.51. The largest absolute Gasteiger partial charge is 0.356 e. The van der Waals surface area contributed by atoms with Crippen molar-refractivity contribution in [2.45, 2.75) is 6.92 Å². The fourth-order valence-corrected chi connectivity index (χ4v) is 2.96. The quantitative estimate of drug-likeness (QED) is 0.851. The summed E-state index contributed by atoms with van der Waals surface area (Å²) in [5.41, 5.74) is 1.26. The number of fused-ring (bicyclic) bond motifs is 1. The van der Waals surface area contributed by atoms with E-state index in [2.05, 4.69) is 44.1 Å². The molecular weight excluding hydrogens is 266 g/mol. The molecule has 1 N–H and O–H groups in total. The van der Waals surface area contributed by atoms with Crippen LogP contribution in [0.1, 0.15) is 5.56 Å². The predicted octanol–water partition coefficient (Wildman–Crippen LogP) is 1.81. The third-order valence-corrected chi connectivity index (χ3v) is 4.58. The number of nitrogens with zero attached hydrogens (tertiary/aromatic N) is 2. The molecule has 0 aromatic carbocycles. The number of hydrogen-bond acceptors (Lipinski definition) is 3. The molecule has 3 nitrogen and oxygen atoms in total. The number of hydrogen-bond donors (Lipinski definition) is 1. The molecule has 2 aliphatic rings. The SMILES string of the molecule is Cc1cc(N2CC3CNCC3C2)ncc1Br. The Balaban J connectivity index is 1.81. The van der Waals surface area contributed by atoms with E-state index in [0.29, 0.717) is 0 Å². The van der Waals surface area contributed by atoms with Crippen LogP contribution in [-0.4, -0.2) is 31.2 Å².